The first-order chi connectivity index (χ1) is 10.6. The van der Waals surface area contributed by atoms with Crippen LogP contribution in [0.3, 0.4) is 0 Å². The Morgan fingerprint density at radius 2 is 1.77 bits per heavy atom. The molecule has 0 aliphatic heterocycles. The maximum Gasteiger partial charge on any atom is 0.155 e. The van der Waals surface area contributed by atoms with Crippen LogP contribution < -0.4 is 0 Å². The maximum absolute atomic E-state index is 11.7. The Morgan fingerprint density at radius 1 is 1.18 bits per heavy atom. The minimum Gasteiger partial charge on any atom is -0.295 e. The molecule has 0 saturated carbocycles. The second kappa shape index (κ2) is 12.1. The van der Waals surface area contributed by atoms with Crippen molar-refractivity contribution in [2.75, 3.05) is 0 Å². The molecule has 0 N–H and O–H groups in total. The Morgan fingerprint density at radius 3 is 2.23 bits per heavy atom. The molecule has 0 fully saturated rings. The molecule has 1 unspecified atom stereocenters. The Labute approximate surface area is 136 Å². The van der Waals surface area contributed by atoms with Gasteiger partial charge in [-0.05, 0) is 30.4 Å². The van der Waals surface area contributed by atoms with Crippen molar-refractivity contribution in [1.82, 2.24) is 9.97 Å². The average Bonchev–Trinajstić information content (AvgIpc) is 2.57. The third-order valence-corrected chi connectivity index (χ3v) is 3.60. The molecule has 1 heterocycles. The lowest BCUT2D eigenvalue weighted by Crippen LogP contribution is -2.07. The Balaban J connectivity index is 0.00000211. The summed E-state index contributed by atoms with van der Waals surface area (Å²) < 4.78 is 0. The van der Waals surface area contributed by atoms with Crippen molar-refractivity contribution in [3.63, 3.8) is 0 Å². The van der Waals surface area contributed by atoms with Crippen molar-refractivity contribution in [1.29, 1.82) is 0 Å². The van der Waals surface area contributed by atoms with Crippen LogP contribution in [-0.4, -0.2) is 15.8 Å². The van der Waals surface area contributed by atoms with Crippen LogP contribution in [-0.2, 0) is 17.6 Å². The van der Waals surface area contributed by atoms with E-state index in [1.54, 1.807) is 6.08 Å². The molecule has 1 aromatic heterocycles. The fourth-order valence-corrected chi connectivity index (χ4v) is 2.01. The van der Waals surface area contributed by atoms with Gasteiger partial charge in [-0.2, -0.15) is 0 Å². The van der Waals surface area contributed by atoms with Crippen LogP contribution in [0.1, 0.15) is 72.2 Å². The van der Waals surface area contributed by atoms with Gasteiger partial charge in [0.2, 0.25) is 0 Å². The van der Waals surface area contributed by atoms with Crippen molar-refractivity contribution in [2.45, 2.75) is 73.6 Å². The van der Waals surface area contributed by atoms with E-state index in [1.165, 1.54) is 5.56 Å². The quantitative estimate of drug-likeness (QED) is 0.638. The van der Waals surface area contributed by atoms with Gasteiger partial charge in [0.15, 0.2) is 5.78 Å². The van der Waals surface area contributed by atoms with E-state index in [4.69, 9.17) is 0 Å². The second-order valence-electron chi connectivity index (χ2n) is 5.28. The van der Waals surface area contributed by atoms with E-state index < -0.39 is 0 Å². The summed E-state index contributed by atoms with van der Waals surface area (Å²) in [5, 5.41) is 0. The highest BCUT2D eigenvalue weighted by atomic mass is 16.1. The first kappa shape index (κ1) is 20.5. The van der Waals surface area contributed by atoms with Gasteiger partial charge in [0, 0.05) is 25.2 Å². The van der Waals surface area contributed by atoms with Gasteiger partial charge in [-0.15, -0.1) is 0 Å². The molecule has 0 spiro atoms. The molecule has 124 valence electrons. The minimum atomic E-state index is 0.183. The zero-order valence-corrected chi connectivity index (χ0v) is 15.1. The summed E-state index contributed by atoms with van der Waals surface area (Å²) >= 11 is 0. The van der Waals surface area contributed by atoms with Crippen LogP contribution in [0.15, 0.2) is 24.0 Å². The molecular formula is C19H32N2O. The molecule has 0 radical (unpaired) electrons. The predicted molar refractivity (Wildman–Crippen MR) is 93.9 cm³/mol. The van der Waals surface area contributed by atoms with Gasteiger partial charge in [0.05, 0.1) is 0 Å². The van der Waals surface area contributed by atoms with Crippen LogP contribution >= 0.6 is 0 Å². The zero-order chi connectivity index (χ0) is 17.0. The molecule has 0 amide bonds. The summed E-state index contributed by atoms with van der Waals surface area (Å²) in [6.07, 6.45) is 9.97. The monoisotopic (exact) mass is 304 g/mol. The SMILES string of the molecule is CC.CCCc1cnc(C/C(=C/C(=O)CC)C(C)CC)nc1. The van der Waals surface area contributed by atoms with Gasteiger partial charge >= 0.3 is 0 Å². The zero-order valence-electron chi connectivity index (χ0n) is 15.1. The first-order valence-electron chi connectivity index (χ1n) is 8.63. The van der Waals surface area contributed by atoms with Crippen molar-refractivity contribution in [3.05, 3.63) is 35.4 Å². The molecule has 1 atom stereocenters. The molecule has 0 aliphatic rings. The summed E-state index contributed by atoms with van der Waals surface area (Å²) in [5.41, 5.74) is 2.32. The van der Waals surface area contributed by atoms with Gasteiger partial charge in [0.1, 0.15) is 5.82 Å². The van der Waals surface area contributed by atoms with Crippen molar-refractivity contribution < 1.29 is 4.79 Å². The number of allylic oxidation sites excluding steroid dienone is 2. The van der Waals surface area contributed by atoms with Crippen molar-refractivity contribution >= 4 is 5.78 Å². The Hall–Kier alpha value is -1.51. The molecular weight excluding hydrogens is 272 g/mol. The summed E-state index contributed by atoms with van der Waals surface area (Å²) in [5.74, 6) is 1.38. The summed E-state index contributed by atoms with van der Waals surface area (Å²) in [7, 11) is 0. The van der Waals surface area contributed by atoms with E-state index in [0.29, 0.717) is 18.8 Å². The highest BCUT2D eigenvalue weighted by molar-refractivity contribution is 5.90. The van der Waals surface area contributed by atoms with Crippen LogP contribution in [0.4, 0.5) is 0 Å². The van der Waals surface area contributed by atoms with E-state index in [2.05, 4.69) is 30.7 Å². The molecule has 1 aromatic rings. The normalized spacial score (nSPS) is 12.4. The summed E-state index contributed by atoms with van der Waals surface area (Å²) in [6, 6.07) is 0. The third kappa shape index (κ3) is 7.48. The van der Waals surface area contributed by atoms with E-state index in [0.717, 1.165) is 30.7 Å². The minimum absolute atomic E-state index is 0.183. The molecule has 0 bridgehead atoms. The Kier molecular flexibility index (Phi) is 11.2. The van der Waals surface area contributed by atoms with Gasteiger partial charge in [-0.3, -0.25) is 4.79 Å². The van der Waals surface area contributed by atoms with Gasteiger partial charge in [-0.1, -0.05) is 53.5 Å². The highest BCUT2D eigenvalue weighted by Crippen LogP contribution is 2.18. The molecule has 0 aromatic carbocycles. The molecule has 22 heavy (non-hydrogen) atoms. The maximum atomic E-state index is 11.7. The second-order valence-corrected chi connectivity index (χ2v) is 5.28. The van der Waals surface area contributed by atoms with E-state index in [-0.39, 0.29) is 5.78 Å². The lowest BCUT2D eigenvalue weighted by Gasteiger charge is -2.13. The van der Waals surface area contributed by atoms with Crippen molar-refractivity contribution in [2.24, 2.45) is 5.92 Å². The number of carbonyl (C=O) groups excluding carboxylic acids is 1. The van der Waals surface area contributed by atoms with Gasteiger partial charge < -0.3 is 0 Å². The number of nitrogens with zero attached hydrogens (tertiary/aromatic N) is 2. The number of carbonyl (C=O) groups is 1. The van der Waals surface area contributed by atoms with Gasteiger partial charge in [-0.25, -0.2) is 9.97 Å². The van der Waals surface area contributed by atoms with Crippen LogP contribution in [0, 0.1) is 5.92 Å². The number of aromatic nitrogens is 2. The molecule has 0 aliphatic carbocycles. The lowest BCUT2D eigenvalue weighted by molar-refractivity contribution is -0.114. The fourth-order valence-electron chi connectivity index (χ4n) is 2.01. The molecule has 1 rings (SSSR count). The average molecular weight is 304 g/mol. The molecule has 0 saturated heterocycles. The molecule has 3 nitrogen and oxygen atoms in total. The number of hydrogen-bond acceptors (Lipinski definition) is 3. The lowest BCUT2D eigenvalue weighted by atomic mass is 9.94. The smallest absolute Gasteiger partial charge is 0.155 e. The standard InChI is InChI=1S/C17H26N2O.C2H6/c1-5-8-14-11-18-17(19-12-14)10-15(13(4)6-2)9-16(20)7-3;1-2/h9,11-13H,5-8,10H2,1-4H3;1-2H3/b15-9-;. The highest BCUT2D eigenvalue weighted by Gasteiger charge is 2.11. The fraction of sp³-hybridized carbons (Fsp3) is 0.632. The van der Waals surface area contributed by atoms with Crippen LogP contribution in [0.2, 0.25) is 0 Å². The Bertz CT molecular complexity index is 449. The topological polar surface area (TPSA) is 42.9 Å². The third-order valence-electron chi connectivity index (χ3n) is 3.60. The largest absolute Gasteiger partial charge is 0.295 e. The van der Waals surface area contributed by atoms with Crippen molar-refractivity contribution in [3.8, 4) is 0 Å². The van der Waals surface area contributed by atoms with Crippen LogP contribution in [0.25, 0.3) is 0 Å². The van der Waals surface area contributed by atoms with E-state index >= 15 is 0 Å². The molecule has 3 heteroatoms. The van der Waals surface area contributed by atoms with Gasteiger partial charge in [0.25, 0.3) is 0 Å². The van der Waals surface area contributed by atoms with Crippen LogP contribution in [0.5, 0.6) is 0 Å². The predicted octanol–water partition coefficient (Wildman–Crippen LogP) is 4.95. The van der Waals surface area contributed by atoms with E-state index in [1.807, 2.05) is 33.2 Å². The number of ketones is 1. The summed E-state index contributed by atoms with van der Waals surface area (Å²) in [4.78, 5) is 20.5. The van der Waals surface area contributed by atoms with E-state index in [9.17, 15) is 4.79 Å². The summed E-state index contributed by atoms with van der Waals surface area (Å²) in [6.45, 7) is 12.3. The number of aryl methyl sites for hydroxylation is 1. The number of hydrogen-bond donors (Lipinski definition) is 0. The first-order valence-corrected chi connectivity index (χ1v) is 8.63. The number of rotatable bonds is 8.